The molecule has 1 aliphatic heterocycles. The second-order valence-electron chi connectivity index (χ2n) is 9.01. The number of anilines is 2. The molecule has 1 unspecified atom stereocenters. The molecule has 0 spiro atoms. The Morgan fingerprint density at radius 1 is 1.21 bits per heavy atom. The number of benzene rings is 1. The second-order valence-corrected chi connectivity index (χ2v) is 9.01. The van der Waals surface area contributed by atoms with Crippen LogP contribution in [0.4, 0.5) is 11.4 Å². The number of para-hydroxylation sites is 1. The summed E-state index contributed by atoms with van der Waals surface area (Å²) in [4.78, 5) is 35.4. The maximum atomic E-state index is 12.7. The summed E-state index contributed by atoms with van der Waals surface area (Å²) >= 11 is 0. The van der Waals surface area contributed by atoms with Crippen molar-refractivity contribution in [1.29, 1.82) is 0 Å². The molecule has 2 aromatic heterocycles. The first-order valence-electron chi connectivity index (χ1n) is 12.6. The fraction of sp³-hybridized carbons (Fsp3) is 0.440. The molecule has 1 atom stereocenters. The third-order valence-electron chi connectivity index (χ3n) is 6.25. The molecule has 0 radical (unpaired) electrons. The molecule has 200 valence electrons. The minimum absolute atomic E-state index is 0.0321. The first-order chi connectivity index (χ1) is 18.5. The van der Waals surface area contributed by atoms with Gasteiger partial charge in [-0.1, -0.05) is 6.07 Å². The van der Waals surface area contributed by atoms with E-state index in [0.29, 0.717) is 29.4 Å². The van der Waals surface area contributed by atoms with E-state index >= 15 is 0 Å². The van der Waals surface area contributed by atoms with Crippen LogP contribution in [0.15, 0.2) is 30.6 Å². The zero-order valence-corrected chi connectivity index (χ0v) is 21.3. The lowest BCUT2D eigenvalue weighted by molar-refractivity contribution is -0.0395. The molecule has 3 aromatic rings. The fourth-order valence-electron chi connectivity index (χ4n) is 4.25. The Kier molecular flexibility index (Phi) is 7.47. The van der Waals surface area contributed by atoms with Crippen molar-refractivity contribution in [1.82, 2.24) is 30.3 Å². The van der Waals surface area contributed by atoms with Gasteiger partial charge in [0.15, 0.2) is 29.2 Å². The fourth-order valence-corrected chi connectivity index (χ4v) is 4.25. The Labute approximate surface area is 219 Å². The number of nitrogens with one attached hydrogen (secondary N) is 1. The quantitative estimate of drug-likeness (QED) is 0.379. The first kappa shape index (κ1) is 25.5. The SMILES string of the molecule is CCON(c1cc(C(=O)NC2CC2)nnc1C(N)=O)c1cccc(-c2ncn(C3CCCCO3)n2)c1OC. The van der Waals surface area contributed by atoms with Gasteiger partial charge in [-0.15, -0.1) is 15.3 Å². The standard InChI is InChI=1S/C25H30N8O5/c1-3-38-33(19-13-17(25(35)28-15-10-11-15)29-30-21(19)23(26)34)18-8-6-7-16(22(18)36-2)24-27-14-32(31-24)20-9-4-5-12-37-20/h6-8,13-15,20H,3-5,9-12H2,1-2H3,(H2,26,34)(H,28,35). The highest BCUT2D eigenvalue weighted by Gasteiger charge is 2.29. The van der Waals surface area contributed by atoms with E-state index in [0.717, 1.165) is 32.1 Å². The van der Waals surface area contributed by atoms with Gasteiger partial charge in [0.1, 0.15) is 17.7 Å². The van der Waals surface area contributed by atoms with E-state index in [1.807, 2.05) is 6.07 Å². The van der Waals surface area contributed by atoms with Gasteiger partial charge in [0.05, 0.1) is 19.3 Å². The van der Waals surface area contributed by atoms with Crippen molar-refractivity contribution in [3.05, 3.63) is 42.0 Å². The largest absolute Gasteiger partial charge is 0.494 e. The molecular formula is C25H30N8O5. The predicted molar refractivity (Wildman–Crippen MR) is 136 cm³/mol. The minimum Gasteiger partial charge on any atom is -0.494 e. The molecule has 13 nitrogen and oxygen atoms in total. The molecule has 38 heavy (non-hydrogen) atoms. The Hall–Kier alpha value is -4.10. The summed E-state index contributed by atoms with van der Waals surface area (Å²) < 4.78 is 13.3. The number of ether oxygens (including phenoxy) is 2. The van der Waals surface area contributed by atoms with Gasteiger partial charge in [-0.25, -0.2) is 14.7 Å². The van der Waals surface area contributed by atoms with E-state index in [9.17, 15) is 9.59 Å². The monoisotopic (exact) mass is 522 g/mol. The number of hydrogen-bond acceptors (Lipinski definition) is 10. The Morgan fingerprint density at radius 2 is 2.05 bits per heavy atom. The van der Waals surface area contributed by atoms with Gasteiger partial charge in [0, 0.05) is 12.6 Å². The van der Waals surface area contributed by atoms with Crippen LogP contribution in [0.5, 0.6) is 5.75 Å². The molecule has 1 aliphatic carbocycles. The number of aromatic nitrogens is 5. The summed E-state index contributed by atoms with van der Waals surface area (Å²) in [6.07, 6.45) is 6.25. The van der Waals surface area contributed by atoms with Crippen LogP contribution in [-0.4, -0.2) is 63.1 Å². The third kappa shape index (κ3) is 5.29. The molecule has 3 N–H and O–H groups in total. The highest BCUT2D eigenvalue weighted by Crippen LogP contribution is 2.41. The van der Waals surface area contributed by atoms with Crippen LogP contribution in [0.3, 0.4) is 0 Å². The number of carbonyl (C=O) groups excluding carboxylic acids is 2. The van der Waals surface area contributed by atoms with E-state index in [-0.39, 0.29) is 36.0 Å². The lowest BCUT2D eigenvalue weighted by Crippen LogP contribution is -2.29. The van der Waals surface area contributed by atoms with E-state index in [1.54, 1.807) is 30.1 Å². The molecule has 13 heteroatoms. The van der Waals surface area contributed by atoms with Gasteiger partial charge in [0.2, 0.25) is 0 Å². The molecule has 2 fully saturated rings. The number of amides is 2. The molecule has 3 heterocycles. The Bertz CT molecular complexity index is 1320. The molecule has 5 rings (SSSR count). The van der Waals surface area contributed by atoms with Gasteiger partial charge < -0.3 is 20.5 Å². The summed E-state index contributed by atoms with van der Waals surface area (Å²) in [6.45, 7) is 2.70. The van der Waals surface area contributed by atoms with E-state index in [1.165, 1.54) is 18.2 Å². The average molecular weight is 523 g/mol. The minimum atomic E-state index is -0.825. The van der Waals surface area contributed by atoms with Gasteiger partial charge in [0.25, 0.3) is 11.8 Å². The predicted octanol–water partition coefficient (Wildman–Crippen LogP) is 2.52. The third-order valence-corrected chi connectivity index (χ3v) is 6.25. The number of primary amides is 1. The van der Waals surface area contributed by atoms with Crippen molar-refractivity contribution in [3.8, 4) is 17.1 Å². The average Bonchev–Trinajstić information content (AvgIpc) is 3.62. The first-order valence-corrected chi connectivity index (χ1v) is 12.6. The lowest BCUT2D eigenvalue weighted by Gasteiger charge is -2.26. The summed E-state index contributed by atoms with van der Waals surface area (Å²) in [5.41, 5.74) is 6.67. The highest BCUT2D eigenvalue weighted by molar-refractivity contribution is 6.00. The van der Waals surface area contributed by atoms with Crippen molar-refractivity contribution in [2.24, 2.45) is 5.73 Å². The number of nitrogens with zero attached hydrogens (tertiary/aromatic N) is 6. The van der Waals surface area contributed by atoms with Gasteiger partial charge in [-0.2, -0.15) is 0 Å². The van der Waals surface area contributed by atoms with Gasteiger partial charge >= 0.3 is 0 Å². The van der Waals surface area contributed by atoms with Crippen molar-refractivity contribution in [2.45, 2.75) is 51.3 Å². The molecular weight excluding hydrogens is 492 g/mol. The van der Waals surface area contributed by atoms with Crippen molar-refractivity contribution in [2.75, 3.05) is 25.4 Å². The van der Waals surface area contributed by atoms with Gasteiger partial charge in [-0.05, 0) is 57.2 Å². The highest BCUT2D eigenvalue weighted by atomic mass is 16.7. The second kappa shape index (κ2) is 11.1. The molecule has 1 aromatic carbocycles. The Morgan fingerprint density at radius 3 is 2.74 bits per heavy atom. The Balaban J connectivity index is 1.56. The molecule has 1 saturated carbocycles. The van der Waals surface area contributed by atoms with Crippen LogP contribution in [0, 0.1) is 0 Å². The van der Waals surface area contributed by atoms with Crippen molar-refractivity contribution in [3.63, 3.8) is 0 Å². The van der Waals surface area contributed by atoms with E-state index < -0.39 is 11.8 Å². The number of carbonyl (C=O) groups is 2. The topological polar surface area (TPSA) is 160 Å². The van der Waals surface area contributed by atoms with Crippen LogP contribution in [0.25, 0.3) is 11.4 Å². The van der Waals surface area contributed by atoms with Crippen LogP contribution < -0.4 is 20.9 Å². The van der Waals surface area contributed by atoms with Crippen LogP contribution in [0.2, 0.25) is 0 Å². The number of methoxy groups -OCH3 is 1. The van der Waals surface area contributed by atoms with E-state index in [2.05, 4.69) is 25.6 Å². The summed E-state index contributed by atoms with van der Waals surface area (Å²) in [7, 11) is 1.52. The van der Waals surface area contributed by atoms with Crippen molar-refractivity contribution < 1.29 is 23.9 Å². The number of nitrogens with two attached hydrogens (primary N) is 1. The number of hydrogen-bond donors (Lipinski definition) is 2. The summed E-state index contributed by atoms with van der Waals surface area (Å²) in [5.74, 6) is -0.398. The summed E-state index contributed by atoms with van der Waals surface area (Å²) in [6, 6.07) is 6.90. The molecule has 0 bridgehead atoms. The van der Waals surface area contributed by atoms with Gasteiger partial charge in [-0.3, -0.25) is 14.4 Å². The van der Waals surface area contributed by atoms with Crippen LogP contribution in [-0.2, 0) is 9.57 Å². The zero-order valence-electron chi connectivity index (χ0n) is 21.3. The molecule has 2 amide bonds. The van der Waals surface area contributed by atoms with Crippen LogP contribution in [0.1, 0.15) is 66.2 Å². The number of rotatable bonds is 10. The lowest BCUT2D eigenvalue weighted by atomic mass is 10.1. The maximum Gasteiger partial charge on any atom is 0.272 e. The zero-order chi connectivity index (χ0) is 26.6. The normalized spacial score (nSPS) is 17.2. The molecule has 2 aliphatic rings. The molecule has 1 saturated heterocycles. The van der Waals surface area contributed by atoms with Crippen molar-refractivity contribution >= 4 is 23.2 Å². The summed E-state index contributed by atoms with van der Waals surface area (Å²) in [5, 5.41) is 16.8. The maximum absolute atomic E-state index is 12.7. The van der Waals surface area contributed by atoms with Crippen LogP contribution >= 0.6 is 0 Å². The smallest absolute Gasteiger partial charge is 0.272 e. The van der Waals surface area contributed by atoms with E-state index in [4.69, 9.17) is 20.0 Å².